The molecule has 1 heteroatoms. The molecule has 0 saturated heterocycles. The van der Waals surface area contributed by atoms with E-state index in [0.717, 1.165) is 6.42 Å². The number of hydrogen-bond acceptors (Lipinski definition) is 1. The standard InChI is InChI=1S/C12H19N/c1-3-4-7-12-8-10-13-9-5-6-11(12)2/h5,8-11H,3-4,6-7H2,1-2H3/b9-5+,12-8-,13-10-. The Morgan fingerprint density at radius 3 is 3.15 bits per heavy atom. The van der Waals surface area contributed by atoms with E-state index in [-0.39, 0.29) is 0 Å². The Morgan fingerprint density at radius 1 is 1.54 bits per heavy atom. The lowest BCUT2D eigenvalue weighted by Crippen LogP contribution is -2.00. The highest BCUT2D eigenvalue weighted by molar-refractivity contribution is 5.73. The Labute approximate surface area is 81.3 Å². The van der Waals surface area contributed by atoms with Gasteiger partial charge in [0.15, 0.2) is 0 Å². The predicted octanol–water partition coefficient (Wildman–Crippen LogP) is 3.73. The van der Waals surface area contributed by atoms with Gasteiger partial charge in [0.1, 0.15) is 0 Å². The van der Waals surface area contributed by atoms with Crippen LogP contribution in [-0.4, -0.2) is 6.21 Å². The summed E-state index contributed by atoms with van der Waals surface area (Å²) < 4.78 is 0. The quantitative estimate of drug-likeness (QED) is 0.623. The average Bonchev–Trinajstić information content (AvgIpc) is 2.11. The summed E-state index contributed by atoms with van der Waals surface area (Å²) in [5, 5.41) is 0. The molecule has 1 heterocycles. The molecule has 0 saturated carbocycles. The van der Waals surface area contributed by atoms with E-state index in [1.165, 1.54) is 19.3 Å². The highest BCUT2D eigenvalue weighted by Crippen LogP contribution is 2.21. The van der Waals surface area contributed by atoms with E-state index < -0.39 is 0 Å². The van der Waals surface area contributed by atoms with Gasteiger partial charge in [0.05, 0.1) is 0 Å². The predicted molar refractivity (Wildman–Crippen MR) is 59.0 cm³/mol. The summed E-state index contributed by atoms with van der Waals surface area (Å²) in [6.45, 7) is 4.53. The van der Waals surface area contributed by atoms with Crippen molar-refractivity contribution in [1.29, 1.82) is 0 Å². The molecule has 1 aliphatic heterocycles. The van der Waals surface area contributed by atoms with Crippen molar-refractivity contribution < 1.29 is 0 Å². The fraction of sp³-hybridized carbons (Fsp3) is 0.583. The monoisotopic (exact) mass is 177 g/mol. The fourth-order valence-corrected chi connectivity index (χ4v) is 1.54. The second-order valence-electron chi connectivity index (χ2n) is 3.66. The topological polar surface area (TPSA) is 12.4 Å². The van der Waals surface area contributed by atoms with E-state index >= 15 is 0 Å². The molecule has 0 aromatic heterocycles. The van der Waals surface area contributed by atoms with Crippen LogP contribution in [0.3, 0.4) is 0 Å². The van der Waals surface area contributed by atoms with Gasteiger partial charge in [-0.05, 0) is 31.3 Å². The van der Waals surface area contributed by atoms with Gasteiger partial charge in [-0.2, -0.15) is 0 Å². The molecule has 1 nitrogen and oxygen atoms in total. The zero-order valence-electron chi connectivity index (χ0n) is 8.66. The van der Waals surface area contributed by atoms with Gasteiger partial charge in [0, 0.05) is 12.4 Å². The van der Waals surface area contributed by atoms with Gasteiger partial charge in [-0.15, -0.1) is 0 Å². The summed E-state index contributed by atoms with van der Waals surface area (Å²) in [4.78, 5) is 4.14. The zero-order valence-corrected chi connectivity index (χ0v) is 8.66. The van der Waals surface area contributed by atoms with Gasteiger partial charge in [-0.3, -0.25) is 4.99 Å². The molecule has 1 atom stereocenters. The van der Waals surface area contributed by atoms with Crippen molar-refractivity contribution in [1.82, 2.24) is 0 Å². The number of aliphatic imine (C=N–C) groups is 1. The second-order valence-corrected chi connectivity index (χ2v) is 3.66. The molecule has 0 spiro atoms. The number of rotatable bonds is 3. The van der Waals surface area contributed by atoms with Crippen LogP contribution in [0.1, 0.15) is 39.5 Å². The maximum Gasteiger partial charge on any atom is 0.0267 e. The number of hydrogen-bond donors (Lipinski definition) is 0. The van der Waals surface area contributed by atoms with E-state index in [9.17, 15) is 0 Å². The Balaban J connectivity index is 2.57. The third kappa shape index (κ3) is 3.58. The minimum Gasteiger partial charge on any atom is -0.265 e. The number of allylic oxidation sites excluding steroid dienone is 3. The average molecular weight is 177 g/mol. The molecule has 1 aliphatic rings. The Bertz CT molecular complexity index is 223. The van der Waals surface area contributed by atoms with Crippen molar-refractivity contribution in [2.45, 2.75) is 39.5 Å². The van der Waals surface area contributed by atoms with Crippen LogP contribution in [0.4, 0.5) is 0 Å². The van der Waals surface area contributed by atoms with E-state index in [0.29, 0.717) is 5.92 Å². The molecule has 0 radical (unpaired) electrons. The van der Waals surface area contributed by atoms with Crippen LogP contribution in [0.15, 0.2) is 28.9 Å². The van der Waals surface area contributed by atoms with Crippen molar-refractivity contribution in [3.63, 3.8) is 0 Å². The van der Waals surface area contributed by atoms with Gasteiger partial charge in [-0.1, -0.05) is 31.9 Å². The molecule has 1 rings (SSSR count). The highest BCUT2D eigenvalue weighted by atomic mass is 14.7. The molecular weight excluding hydrogens is 158 g/mol. The molecule has 0 aliphatic carbocycles. The molecular formula is C12H19N. The maximum atomic E-state index is 4.14. The molecule has 0 bridgehead atoms. The van der Waals surface area contributed by atoms with E-state index in [1.54, 1.807) is 5.57 Å². The molecule has 13 heavy (non-hydrogen) atoms. The van der Waals surface area contributed by atoms with E-state index in [2.05, 4.69) is 31.0 Å². The minimum atomic E-state index is 0.689. The fourth-order valence-electron chi connectivity index (χ4n) is 1.54. The Hall–Kier alpha value is -0.850. The van der Waals surface area contributed by atoms with Crippen LogP contribution in [0.25, 0.3) is 0 Å². The Morgan fingerprint density at radius 2 is 2.38 bits per heavy atom. The van der Waals surface area contributed by atoms with Crippen LogP contribution in [0.2, 0.25) is 0 Å². The van der Waals surface area contributed by atoms with Crippen molar-refractivity contribution in [2.75, 3.05) is 0 Å². The smallest absolute Gasteiger partial charge is 0.0267 e. The van der Waals surface area contributed by atoms with Crippen molar-refractivity contribution in [3.8, 4) is 0 Å². The van der Waals surface area contributed by atoms with Crippen molar-refractivity contribution >= 4 is 6.21 Å². The molecule has 0 N–H and O–H groups in total. The number of nitrogens with zero attached hydrogens (tertiary/aromatic N) is 1. The first kappa shape index (κ1) is 10.2. The summed E-state index contributed by atoms with van der Waals surface area (Å²) in [5.41, 5.74) is 1.55. The third-order valence-electron chi connectivity index (χ3n) is 2.51. The summed E-state index contributed by atoms with van der Waals surface area (Å²) in [7, 11) is 0. The van der Waals surface area contributed by atoms with E-state index in [1.807, 2.05) is 12.4 Å². The first-order chi connectivity index (χ1) is 6.34. The van der Waals surface area contributed by atoms with Crippen LogP contribution < -0.4 is 0 Å². The van der Waals surface area contributed by atoms with Crippen molar-refractivity contribution in [3.05, 3.63) is 23.9 Å². The molecule has 0 amide bonds. The summed E-state index contributed by atoms with van der Waals surface area (Å²) in [5.74, 6) is 0.689. The zero-order chi connectivity index (χ0) is 9.52. The van der Waals surface area contributed by atoms with Gasteiger partial charge < -0.3 is 0 Å². The SMILES string of the molecule is CCCC/C1=C/C=N\C=C\CC1C. The first-order valence-corrected chi connectivity index (χ1v) is 5.21. The summed E-state index contributed by atoms with van der Waals surface area (Å²) in [6.07, 6.45) is 13.1. The largest absolute Gasteiger partial charge is 0.265 e. The minimum absolute atomic E-state index is 0.689. The molecule has 72 valence electrons. The normalized spacial score (nSPS) is 31.2. The second kappa shape index (κ2) is 5.74. The molecule has 0 aromatic rings. The van der Waals surface area contributed by atoms with Crippen LogP contribution in [0, 0.1) is 5.92 Å². The number of unbranched alkanes of at least 4 members (excludes halogenated alkanes) is 1. The van der Waals surface area contributed by atoms with Gasteiger partial charge >= 0.3 is 0 Å². The molecule has 1 unspecified atom stereocenters. The van der Waals surface area contributed by atoms with Gasteiger partial charge in [-0.25, -0.2) is 0 Å². The lowest BCUT2D eigenvalue weighted by Gasteiger charge is -2.14. The lowest BCUT2D eigenvalue weighted by molar-refractivity contribution is 0.632. The van der Waals surface area contributed by atoms with E-state index in [4.69, 9.17) is 0 Å². The van der Waals surface area contributed by atoms with Crippen LogP contribution in [-0.2, 0) is 0 Å². The molecule has 0 fully saturated rings. The Kier molecular flexibility index (Phi) is 4.52. The van der Waals surface area contributed by atoms with Crippen LogP contribution >= 0.6 is 0 Å². The maximum absolute atomic E-state index is 4.14. The van der Waals surface area contributed by atoms with Crippen LogP contribution in [0.5, 0.6) is 0 Å². The lowest BCUT2D eigenvalue weighted by atomic mass is 9.93. The summed E-state index contributed by atoms with van der Waals surface area (Å²) >= 11 is 0. The highest BCUT2D eigenvalue weighted by Gasteiger charge is 2.06. The van der Waals surface area contributed by atoms with Crippen molar-refractivity contribution in [2.24, 2.45) is 10.9 Å². The van der Waals surface area contributed by atoms with Gasteiger partial charge in [0.2, 0.25) is 0 Å². The third-order valence-corrected chi connectivity index (χ3v) is 2.51. The first-order valence-electron chi connectivity index (χ1n) is 5.21. The van der Waals surface area contributed by atoms with Gasteiger partial charge in [0.25, 0.3) is 0 Å². The molecule has 0 aromatic carbocycles. The summed E-state index contributed by atoms with van der Waals surface area (Å²) in [6, 6.07) is 0.